The maximum atomic E-state index is 12.6. The van der Waals surface area contributed by atoms with Crippen molar-refractivity contribution in [3.05, 3.63) is 35.9 Å². The second-order valence-corrected chi connectivity index (χ2v) is 3.00. The number of hydrogen-bond acceptors (Lipinski definition) is 1. The summed E-state index contributed by atoms with van der Waals surface area (Å²) in [5, 5.41) is 8.32. The lowest BCUT2D eigenvalue weighted by atomic mass is 10.1. The van der Waals surface area contributed by atoms with E-state index in [-0.39, 0.29) is 6.42 Å². The van der Waals surface area contributed by atoms with Gasteiger partial charge in [-0.25, -0.2) is 8.78 Å². The van der Waals surface area contributed by atoms with Gasteiger partial charge in [0, 0.05) is 6.42 Å². The quantitative estimate of drug-likeness (QED) is 0.764. The monoisotopic (exact) mass is 186 g/mol. The van der Waals surface area contributed by atoms with Gasteiger partial charge in [0.15, 0.2) is 0 Å². The van der Waals surface area contributed by atoms with E-state index >= 15 is 0 Å². The van der Waals surface area contributed by atoms with Gasteiger partial charge in [-0.1, -0.05) is 30.3 Å². The number of hydrogen-bond donors (Lipinski definition) is 1. The van der Waals surface area contributed by atoms with Gasteiger partial charge in [-0.15, -0.1) is 0 Å². The van der Waals surface area contributed by atoms with Crippen molar-refractivity contribution in [1.29, 1.82) is 0 Å². The van der Waals surface area contributed by atoms with Crippen molar-refractivity contribution in [2.24, 2.45) is 0 Å². The Bertz CT molecular complexity index is 246. The number of aliphatic hydroxyl groups excluding tert-OH is 1. The van der Waals surface area contributed by atoms with Crippen molar-refractivity contribution in [2.45, 2.75) is 18.8 Å². The van der Waals surface area contributed by atoms with Crippen LogP contribution >= 0.6 is 0 Å². The molecule has 13 heavy (non-hydrogen) atoms. The summed E-state index contributed by atoms with van der Waals surface area (Å²) in [4.78, 5) is 0. The summed E-state index contributed by atoms with van der Waals surface area (Å²) < 4.78 is 25.2. The predicted molar refractivity (Wildman–Crippen MR) is 46.8 cm³/mol. The predicted octanol–water partition coefficient (Wildman–Crippen LogP) is 2.25. The summed E-state index contributed by atoms with van der Waals surface area (Å²) in [5.41, 5.74) is 0.871. The number of halogens is 2. The number of aryl methyl sites for hydroxylation is 1. The van der Waals surface area contributed by atoms with Crippen molar-refractivity contribution in [3.63, 3.8) is 0 Å². The van der Waals surface area contributed by atoms with Crippen LogP contribution < -0.4 is 0 Å². The SMILES string of the molecule is OCC(F)(F)CCc1ccccc1. The van der Waals surface area contributed by atoms with E-state index in [0.717, 1.165) is 5.56 Å². The van der Waals surface area contributed by atoms with E-state index in [1.54, 1.807) is 12.1 Å². The van der Waals surface area contributed by atoms with Gasteiger partial charge in [-0.3, -0.25) is 0 Å². The zero-order valence-electron chi connectivity index (χ0n) is 7.21. The molecule has 1 aromatic rings. The lowest BCUT2D eigenvalue weighted by molar-refractivity contribution is -0.0558. The summed E-state index contributed by atoms with van der Waals surface area (Å²) in [6, 6.07) is 9.06. The van der Waals surface area contributed by atoms with Crippen molar-refractivity contribution >= 4 is 0 Å². The molecule has 0 spiro atoms. The molecule has 1 rings (SSSR count). The smallest absolute Gasteiger partial charge is 0.271 e. The molecule has 0 saturated carbocycles. The fourth-order valence-corrected chi connectivity index (χ4v) is 1.05. The minimum absolute atomic E-state index is 0.298. The number of alkyl halides is 2. The number of rotatable bonds is 4. The van der Waals surface area contributed by atoms with Crippen molar-refractivity contribution in [3.8, 4) is 0 Å². The van der Waals surface area contributed by atoms with Crippen LogP contribution in [0.5, 0.6) is 0 Å². The zero-order valence-corrected chi connectivity index (χ0v) is 7.21. The van der Waals surface area contributed by atoms with Crippen LogP contribution in [0.1, 0.15) is 12.0 Å². The number of benzene rings is 1. The Hall–Kier alpha value is -0.960. The van der Waals surface area contributed by atoms with Crippen LogP contribution in [0.4, 0.5) is 8.78 Å². The van der Waals surface area contributed by atoms with E-state index in [9.17, 15) is 8.78 Å². The van der Waals surface area contributed by atoms with Crippen molar-refractivity contribution in [1.82, 2.24) is 0 Å². The minimum Gasteiger partial charge on any atom is -0.390 e. The Labute approximate surface area is 76.0 Å². The van der Waals surface area contributed by atoms with Gasteiger partial charge >= 0.3 is 0 Å². The lowest BCUT2D eigenvalue weighted by Gasteiger charge is -2.12. The summed E-state index contributed by atoms with van der Waals surface area (Å²) >= 11 is 0. The maximum absolute atomic E-state index is 12.6. The highest BCUT2D eigenvalue weighted by Crippen LogP contribution is 2.19. The molecular formula is C10H12F2O. The Balaban J connectivity index is 2.44. The Morgan fingerprint density at radius 2 is 1.77 bits per heavy atom. The molecule has 1 nitrogen and oxygen atoms in total. The Morgan fingerprint density at radius 1 is 1.15 bits per heavy atom. The van der Waals surface area contributed by atoms with Gasteiger partial charge in [0.05, 0.1) is 0 Å². The maximum Gasteiger partial charge on any atom is 0.271 e. The van der Waals surface area contributed by atoms with E-state index in [0.29, 0.717) is 6.42 Å². The second-order valence-electron chi connectivity index (χ2n) is 3.00. The molecule has 0 aliphatic carbocycles. The third kappa shape index (κ3) is 3.51. The van der Waals surface area contributed by atoms with Crippen molar-refractivity contribution in [2.75, 3.05) is 6.61 Å². The third-order valence-corrected chi connectivity index (χ3v) is 1.85. The van der Waals surface area contributed by atoms with Crippen LogP contribution in [0.3, 0.4) is 0 Å². The molecule has 0 aliphatic heterocycles. The highest BCUT2D eigenvalue weighted by atomic mass is 19.3. The summed E-state index contributed by atoms with van der Waals surface area (Å²) in [6.07, 6.45) is 0.00190. The molecule has 0 saturated heterocycles. The van der Waals surface area contributed by atoms with Gasteiger partial charge in [0.25, 0.3) is 5.92 Å². The first-order valence-electron chi connectivity index (χ1n) is 4.17. The molecule has 0 fully saturated rings. The third-order valence-electron chi connectivity index (χ3n) is 1.85. The molecule has 0 bridgehead atoms. The van der Waals surface area contributed by atoms with E-state index in [4.69, 9.17) is 5.11 Å². The second kappa shape index (κ2) is 4.33. The van der Waals surface area contributed by atoms with Crippen LogP contribution in [0.25, 0.3) is 0 Å². The summed E-state index contributed by atoms with van der Waals surface area (Å²) in [7, 11) is 0. The fourth-order valence-electron chi connectivity index (χ4n) is 1.05. The topological polar surface area (TPSA) is 20.2 Å². The first-order chi connectivity index (χ1) is 6.14. The van der Waals surface area contributed by atoms with Gasteiger partial charge in [-0.05, 0) is 12.0 Å². The lowest BCUT2D eigenvalue weighted by Crippen LogP contribution is -2.21. The highest BCUT2D eigenvalue weighted by Gasteiger charge is 2.26. The molecule has 72 valence electrons. The molecule has 0 atom stereocenters. The van der Waals surface area contributed by atoms with Crippen LogP contribution in [0.2, 0.25) is 0 Å². The molecule has 3 heteroatoms. The standard InChI is InChI=1S/C10H12F2O/c11-10(12,8-13)7-6-9-4-2-1-3-5-9/h1-5,13H,6-8H2. The van der Waals surface area contributed by atoms with E-state index in [1.807, 2.05) is 18.2 Å². The van der Waals surface area contributed by atoms with Gasteiger partial charge in [0.1, 0.15) is 6.61 Å². The number of aliphatic hydroxyl groups is 1. The Morgan fingerprint density at radius 3 is 2.31 bits per heavy atom. The zero-order chi connectivity index (χ0) is 9.73. The van der Waals surface area contributed by atoms with E-state index < -0.39 is 12.5 Å². The van der Waals surface area contributed by atoms with Crippen LogP contribution in [0, 0.1) is 0 Å². The van der Waals surface area contributed by atoms with Gasteiger partial charge in [0.2, 0.25) is 0 Å². The first-order valence-corrected chi connectivity index (χ1v) is 4.17. The van der Waals surface area contributed by atoms with Gasteiger partial charge < -0.3 is 5.11 Å². The molecule has 0 aliphatic rings. The van der Waals surface area contributed by atoms with E-state index in [1.165, 1.54) is 0 Å². The molecule has 1 aromatic carbocycles. The first kappa shape index (κ1) is 10.1. The Kier molecular flexibility index (Phi) is 3.37. The van der Waals surface area contributed by atoms with Crippen LogP contribution in [0.15, 0.2) is 30.3 Å². The molecule has 0 amide bonds. The largest absolute Gasteiger partial charge is 0.390 e. The van der Waals surface area contributed by atoms with Crippen LogP contribution in [-0.2, 0) is 6.42 Å². The average molecular weight is 186 g/mol. The normalized spacial score (nSPS) is 11.6. The molecule has 0 radical (unpaired) electrons. The minimum atomic E-state index is -2.95. The molecule has 0 unspecified atom stereocenters. The van der Waals surface area contributed by atoms with E-state index in [2.05, 4.69) is 0 Å². The molecule has 0 heterocycles. The molecule has 1 N–H and O–H groups in total. The summed E-state index contributed by atoms with van der Waals surface area (Å²) in [5.74, 6) is -2.95. The molecular weight excluding hydrogens is 174 g/mol. The highest BCUT2D eigenvalue weighted by molar-refractivity contribution is 5.14. The van der Waals surface area contributed by atoms with Crippen LogP contribution in [-0.4, -0.2) is 17.6 Å². The average Bonchev–Trinajstić information content (AvgIpc) is 2.17. The van der Waals surface area contributed by atoms with Gasteiger partial charge in [-0.2, -0.15) is 0 Å². The summed E-state index contributed by atoms with van der Waals surface area (Å²) in [6.45, 7) is -1.07. The molecule has 0 aromatic heterocycles. The fraction of sp³-hybridized carbons (Fsp3) is 0.400. The van der Waals surface area contributed by atoms with Crippen molar-refractivity contribution < 1.29 is 13.9 Å².